The van der Waals surface area contributed by atoms with Crippen LogP contribution in [-0.4, -0.2) is 36.5 Å². The minimum Gasteiger partial charge on any atom is -0.342 e. The Hall–Kier alpha value is -0.570. The molecule has 0 aliphatic heterocycles. The SMILES string of the molecule is CCN(CC)C(=O)CNC1CCC1. The second-order valence-electron chi connectivity index (χ2n) is 3.57. The Kier molecular flexibility index (Phi) is 4.22. The van der Waals surface area contributed by atoms with Gasteiger partial charge < -0.3 is 10.2 Å². The van der Waals surface area contributed by atoms with E-state index in [1.165, 1.54) is 19.3 Å². The molecule has 3 nitrogen and oxygen atoms in total. The molecule has 0 aromatic rings. The number of nitrogens with one attached hydrogen (secondary N) is 1. The van der Waals surface area contributed by atoms with Crippen LogP contribution in [0.3, 0.4) is 0 Å². The monoisotopic (exact) mass is 184 g/mol. The van der Waals surface area contributed by atoms with E-state index in [0.29, 0.717) is 12.6 Å². The maximum Gasteiger partial charge on any atom is 0.236 e. The molecule has 1 N–H and O–H groups in total. The maximum atomic E-state index is 11.5. The van der Waals surface area contributed by atoms with E-state index < -0.39 is 0 Å². The van der Waals surface area contributed by atoms with Crippen LogP contribution in [0.4, 0.5) is 0 Å². The van der Waals surface area contributed by atoms with E-state index in [9.17, 15) is 4.79 Å². The number of carbonyl (C=O) groups is 1. The standard InChI is InChI=1S/C10H20N2O/c1-3-12(4-2)10(13)8-11-9-6-5-7-9/h9,11H,3-8H2,1-2H3. The van der Waals surface area contributed by atoms with Gasteiger partial charge in [-0.3, -0.25) is 4.79 Å². The summed E-state index contributed by atoms with van der Waals surface area (Å²) in [7, 11) is 0. The molecule has 76 valence electrons. The van der Waals surface area contributed by atoms with Crippen LogP contribution >= 0.6 is 0 Å². The lowest BCUT2D eigenvalue weighted by Crippen LogP contribution is -2.43. The third kappa shape index (κ3) is 2.99. The van der Waals surface area contributed by atoms with Crippen LogP contribution in [0.5, 0.6) is 0 Å². The van der Waals surface area contributed by atoms with Crippen molar-refractivity contribution in [2.75, 3.05) is 19.6 Å². The minimum absolute atomic E-state index is 0.233. The Bertz CT molecular complexity index is 162. The molecular weight excluding hydrogens is 164 g/mol. The third-order valence-corrected chi connectivity index (χ3v) is 2.76. The lowest BCUT2D eigenvalue weighted by Gasteiger charge is -2.27. The first-order valence-electron chi connectivity index (χ1n) is 5.29. The van der Waals surface area contributed by atoms with Gasteiger partial charge in [-0.2, -0.15) is 0 Å². The van der Waals surface area contributed by atoms with Crippen molar-refractivity contribution in [1.29, 1.82) is 0 Å². The molecule has 3 heteroatoms. The zero-order valence-corrected chi connectivity index (χ0v) is 8.68. The van der Waals surface area contributed by atoms with E-state index in [0.717, 1.165) is 13.1 Å². The summed E-state index contributed by atoms with van der Waals surface area (Å²) in [5.41, 5.74) is 0. The molecule has 0 aromatic carbocycles. The Morgan fingerprint density at radius 3 is 2.38 bits per heavy atom. The van der Waals surface area contributed by atoms with E-state index in [4.69, 9.17) is 0 Å². The van der Waals surface area contributed by atoms with E-state index >= 15 is 0 Å². The molecule has 0 aromatic heterocycles. The first-order valence-corrected chi connectivity index (χ1v) is 5.29. The molecule has 0 saturated heterocycles. The van der Waals surface area contributed by atoms with Crippen molar-refractivity contribution in [2.45, 2.75) is 39.2 Å². The molecular formula is C10H20N2O. The highest BCUT2D eigenvalue weighted by molar-refractivity contribution is 5.78. The summed E-state index contributed by atoms with van der Waals surface area (Å²) in [6.07, 6.45) is 3.80. The van der Waals surface area contributed by atoms with E-state index in [1.54, 1.807) is 0 Å². The smallest absolute Gasteiger partial charge is 0.236 e. The fourth-order valence-corrected chi connectivity index (χ4v) is 1.53. The van der Waals surface area contributed by atoms with Gasteiger partial charge in [0.15, 0.2) is 0 Å². The average molecular weight is 184 g/mol. The predicted molar refractivity (Wildman–Crippen MR) is 53.6 cm³/mol. The van der Waals surface area contributed by atoms with Gasteiger partial charge in [0.25, 0.3) is 0 Å². The minimum atomic E-state index is 0.233. The Balaban J connectivity index is 2.14. The lowest BCUT2D eigenvalue weighted by atomic mass is 9.93. The van der Waals surface area contributed by atoms with Gasteiger partial charge in [-0.1, -0.05) is 6.42 Å². The summed E-state index contributed by atoms with van der Waals surface area (Å²) in [6, 6.07) is 0.611. The van der Waals surface area contributed by atoms with Crippen molar-refractivity contribution in [3.05, 3.63) is 0 Å². The van der Waals surface area contributed by atoms with Crippen molar-refractivity contribution in [1.82, 2.24) is 10.2 Å². The summed E-state index contributed by atoms with van der Waals surface area (Å²) >= 11 is 0. The summed E-state index contributed by atoms with van der Waals surface area (Å²) in [5, 5.41) is 3.28. The predicted octanol–water partition coefficient (Wildman–Crippen LogP) is 0.997. The van der Waals surface area contributed by atoms with Crippen LogP contribution < -0.4 is 5.32 Å². The molecule has 0 spiro atoms. The van der Waals surface area contributed by atoms with Gasteiger partial charge in [-0.25, -0.2) is 0 Å². The summed E-state index contributed by atoms with van der Waals surface area (Å²) in [4.78, 5) is 13.4. The van der Waals surface area contributed by atoms with Crippen molar-refractivity contribution in [3.63, 3.8) is 0 Å². The maximum absolute atomic E-state index is 11.5. The molecule has 0 radical (unpaired) electrons. The molecule has 0 atom stereocenters. The number of carbonyl (C=O) groups excluding carboxylic acids is 1. The quantitative estimate of drug-likeness (QED) is 0.691. The van der Waals surface area contributed by atoms with Crippen LogP contribution in [0, 0.1) is 0 Å². The highest BCUT2D eigenvalue weighted by Crippen LogP contribution is 2.17. The Morgan fingerprint density at radius 2 is 2.00 bits per heavy atom. The lowest BCUT2D eigenvalue weighted by molar-refractivity contribution is -0.130. The molecule has 0 unspecified atom stereocenters. The highest BCUT2D eigenvalue weighted by Gasteiger charge is 2.18. The molecule has 1 aliphatic carbocycles. The normalized spacial score (nSPS) is 16.8. The second kappa shape index (κ2) is 5.22. The molecule has 1 aliphatic rings. The van der Waals surface area contributed by atoms with E-state index in [-0.39, 0.29) is 5.91 Å². The van der Waals surface area contributed by atoms with Crippen LogP contribution in [0.1, 0.15) is 33.1 Å². The number of hydrogen-bond acceptors (Lipinski definition) is 2. The van der Waals surface area contributed by atoms with Gasteiger partial charge in [0, 0.05) is 19.1 Å². The second-order valence-corrected chi connectivity index (χ2v) is 3.57. The van der Waals surface area contributed by atoms with Crippen LogP contribution in [0.25, 0.3) is 0 Å². The van der Waals surface area contributed by atoms with Gasteiger partial charge >= 0.3 is 0 Å². The Labute approximate surface area is 80.5 Å². The number of hydrogen-bond donors (Lipinski definition) is 1. The van der Waals surface area contributed by atoms with Crippen molar-refractivity contribution in [3.8, 4) is 0 Å². The molecule has 1 rings (SSSR count). The zero-order valence-electron chi connectivity index (χ0n) is 8.68. The van der Waals surface area contributed by atoms with Gasteiger partial charge in [-0.05, 0) is 26.7 Å². The fraction of sp³-hybridized carbons (Fsp3) is 0.900. The van der Waals surface area contributed by atoms with Crippen LogP contribution in [0.2, 0.25) is 0 Å². The van der Waals surface area contributed by atoms with Crippen molar-refractivity contribution >= 4 is 5.91 Å². The molecule has 1 fully saturated rings. The molecule has 1 amide bonds. The fourth-order valence-electron chi connectivity index (χ4n) is 1.53. The number of amides is 1. The van der Waals surface area contributed by atoms with E-state index in [1.807, 2.05) is 18.7 Å². The van der Waals surface area contributed by atoms with E-state index in [2.05, 4.69) is 5.32 Å². The van der Waals surface area contributed by atoms with Crippen LogP contribution in [0.15, 0.2) is 0 Å². The Morgan fingerprint density at radius 1 is 1.38 bits per heavy atom. The average Bonchev–Trinajstić information content (AvgIpc) is 2.04. The van der Waals surface area contributed by atoms with Crippen molar-refractivity contribution in [2.24, 2.45) is 0 Å². The number of rotatable bonds is 5. The number of likely N-dealkylation sites (N-methyl/N-ethyl adjacent to an activating group) is 1. The third-order valence-electron chi connectivity index (χ3n) is 2.76. The van der Waals surface area contributed by atoms with Crippen LogP contribution in [-0.2, 0) is 4.79 Å². The number of nitrogens with zero attached hydrogens (tertiary/aromatic N) is 1. The first kappa shape index (κ1) is 10.5. The van der Waals surface area contributed by atoms with Gasteiger partial charge in [0.2, 0.25) is 5.91 Å². The van der Waals surface area contributed by atoms with Gasteiger partial charge in [0.05, 0.1) is 6.54 Å². The zero-order chi connectivity index (χ0) is 9.68. The topological polar surface area (TPSA) is 32.3 Å². The van der Waals surface area contributed by atoms with Gasteiger partial charge in [-0.15, -0.1) is 0 Å². The molecule has 0 bridgehead atoms. The largest absolute Gasteiger partial charge is 0.342 e. The highest BCUT2D eigenvalue weighted by atomic mass is 16.2. The summed E-state index contributed by atoms with van der Waals surface area (Å²) in [5.74, 6) is 0.233. The summed E-state index contributed by atoms with van der Waals surface area (Å²) in [6.45, 7) is 6.20. The molecule has 13 heavy (non-hydrogen) atoms. The van der Waals surface area contributed by atoms with Crippen molar-refractivity contribution < 1.29 is 4.79 Å². The summed E-state index contributed by atoms with van der Waals surface area (Å²) < 4.78 is 0. The molecule has 1 saturated carbocycles. The van der Waals surface area contributed by atoms with Gasteiger partial charge in [0.1, 0.15) is 0 Å². The first-order chi connectivity index (χ1) is 6.27. The molecule has 0 heterocycles.